The van der Waals surface area contributed by atoms with Gasteiger partial charge in [0.25, 0.3) is 0 Å². The lowest BCUT2D eigenvalue weighted by Crippen LogP contribution is -2.40. The van der Waals surface area contributed by atoms with Crippen LogP contribution in [0.2, 0.25) is 0 Å². The first-order valence-electron chi connectivity index (χ1n) is 10.6. The number of guanidine groups is 1. The lowest BCUT2D eigenvalue weighted by molar-refractivity contribution is 0.331. The fraction of sp³-hybridized carbons (Fsp3) is 0.682. The van der Waals surface area contributed by atoms with Gasteiger partial charge >= 0.3 is 0 Å². The molecule has 27 heavy (non-hydrogen) atoms. The Bertz CT molecular complexity index is 589. The van der Waals surface area contributed by atoms with Crippen molar-refractivity contribution in [1.82, 2.24) is 15.5 Å². The van der Waals surface area contributed by atoms with Gasteiger partial charge in [-0.1, -0.05) is 24.3 Å². The van der Waals surface area contributed by atoms with Gasteiger partial charge in [-0.3, -0.25) is 9.89 Å². The fourth-order valence-corrected chi connectivity index (χ4v) is 4.35. The second kappa shape index (κ2) is 10.1. The van der Waals surface area contributed by atoms with Gasteiger partial charge in [0, 0.05) is 26.7 Å². The van der Waals surface area contributed by atoms with E-state index in [0.29, 0.717) is 0 Å². The molecule has 2 saturated carbocycles. The second-order valence-corrected chi connectivity index (χ2v) is 8.45. The van der Waals surface area contributed by atoms with Crippen LogP contribution in [0.25, 0.3) is 0 Å². The van der Waals surface area contributed by atoms with Gasteiger partial charge in [-0.15, -0.1) is 24.0 Å². The minimum Gasteiger partial charge on any atom is -0.356 e. The molecule has 2 N–H and O–H groups in total. The van der Waals surface area contributed by atoms with Gasteiger partial charge in [0.1, 0.15) is 0 Å². The van der Waals surface area contributed by atoms with Crippen molar-refractivity contribution in [3.05, 3.63) is 35.4 Å². The van der Waals surface area contributed by atoms with Crippen LogP contribution >= 0.6 is 24.0 Å². The molecular formula is C22H35IN4. The van der Waals surface area contributed by atoms with Crippen molar-refractivity contribution in [3.8, 4) is 0 Å². The maximum Gasteiger partial charge on any atom is 0.191 e. The Kier molecular flexibility index (Phi) is 7.82. The predicted molar refractivity (Wildman–Crippen MR) is 124 cm³/mol. The van der Waals surface area contributed by atoms with E-state index in [0.717, 1.165) is 43.3 Å². The Morgan fingerprint density at radius 2 is 1.59 bits per heavy atom. The number of hydrogen-bond acceptors (Lipinski definition) is 2. The zero-order chi connectivity index (χ0) is 17.8. The maximum absolute atomic E-state index is 4.41. The number of likely N-dealkylation sites (tertiary alicyclic amines) is 1. The summed E-state index contributed by atoms with van der Waals surface area (Å²) >= 11 is 0. The first-order valence-corrected chi connectivity index (χ1v) is 10.6. The molecular weight excluding hydrogens is 447 g/mol. The van der Waals surface area contributed by atoms with Crippen LogP contribution in [0.4, 0.5) is 0 Å². The third-order valence-corrected chi connectivity index (χ3v) is 6.27. The van der Waals surface area contributed by atoms with Crippen molar-refractivity contribution in [2.75, 3.05) is 26.7 Å². The van der Waals surface area contributed by atoms with E-state index < -0.39 is 0 Å². The highest BCUT2D eigenvalue weighted by atomic mass is 127. The average molecular weight is 482 g/mol. The molecule has 4 rings (SSSR count). The number of halogens is 1. The number of aliphatic imine (C=N–C) groups is 1. The second-order valence-electron chi connectivity index (χ2n) is 8.45. The largest absolute Gasteiger partial charge is 0.356 e. The lowest BCUT2D eigenvalue weighted by Gasteiger charge is -2.19. The molecule has 0 atom stereocenters. The highest BCUT2D eigenvalue weighted by Crippen LogP contribution is 2.48. The van der Waals surface area contributed by atoms with Crippen LogP contribution in [0.1, 0.15) is 49.7 Å². The van der Waals surface area contributed by atoms with Crippen LogP contribution in [0.15, 0.2) is 29.3 Å². The molecule has 4 nitrogen and oxygen atoms in total. The zero-order valence-corrected chi connectivity index (χ0v) is 19.0. The Balaban J connectivity index is 0.00000210. The van der Waals surface area contributed by atoms with Crippen LogP contribution in [-0.2, 0) is 13.1 Å². The van der Waals surface area contributed by atoms with Gasteiger partial charge in [0.2, 0.25) is 0 Å². The summed E-state index contributed by atoms with van der Waals surface area (Å²) < 4.78 is 0. The first-order chi connectivity index (χ1) is 12.8. The summed E-state index contributed by atoms with van der Waals surface area (Å²) in [5, 5.41) is 7.06. The summed E-state index contributed by atoms with van der Waals surface area (Å²) in [5.74, 6) is 3.78. The number of benzene rings is 1. The monoisotopic (exact) mass is 482 g/mol. The summed E-state index contributed by atoms with van der Waals surface area (Å²) in [4.78, 5) is 6.96. The minimum atomic E-state index is 0. The van der Waals surface area contributed by atoms with Crippen LogP contribution in [-0.4, -0.2) is 37.5 Å². The topological polar surface area (TPSA) is 39.7 Å². The van der Waals surface area contributed by atoms with Crippen molar-refractivity contribution < 1.29 is 0 Å². The maximum atomic E-state index is 4.41. The molecule has 1 heterocycles. The summed E-state index contributed by atoms with van der Waals surface area (Å²) in [6.07, 6.45) is 8.49. The highest BCUT2D eigenvalue weighted by Gasteiger charge is 2.41. The van der Waals surface area contributed by atoms with Crippen molar-refractivity contribution in [2.45, 2.75) is 51.6 Å². The SMILES string of the molecule is CN=C(NCc1ccc(CN2CCCC2)cc1)NCC(C1CC1)C1CC1.I. The molecule has 1 aromatic rings. The number of rotatable bonds is 8. The molecule has 3 fully saturated rings. The van der Waals surface area contributed by atoms with Gasteiger partial charge in [-0.2, -0.15) is 0 Å². The first kappa shape index (κ1) is 20.9. The van der Waals surface area contributed by atoms with E-state index in [1.807, 2.05) is 7.05 Å². The van der Waals surface area contributed by atoms with E-state index in [-0.39, 0.29) is 24.0 Å². The number of nitrogens with zero attached hydrogens (tertiary/aromatic N) is 2. The van der Waals surface area contributed by atoms with Gasteiger partial charge in [-0.05, 0) is 80.5 Å². The lowest BCUT2D eigenvalue weighted by atomic mass is 9.98. The summed E-state index contributed by atoms with van der Waals surface area (Å²) in [5.41, 5.74) is 2.74. The van der Waals surface area contributed by atoms with Crippen molar-refractivity contribution in [1.29, 1.82) is 0 Å². The third-order valence-electron chi connectivity index (χ3n) is 6.27. The van der Waals surface area contributed by atoms with Crippen LogP contribution in [0.3, 0.4) is 0 Å². The average Bonchev–Trinajstić information content (AvgIpc) is 3.60. The molecule has 1 saturated heterocycles. The van der Waals surface area contributed by atoms with Crippen LogP contribution < -0.4 is 10.6 Å². The Morgan fingerprint density at radius 3 is 2.15 bits per heavy atom. The molecule has 1 aliphatic heterocycles. The minimum absolute atomic E-state index is 0. The van der Waals surface area contributed by atoms with E-state index >= 15 is 0 Å². The Labute approximate surface area is 181 Å². The molecule has 1 aromatic carbocycles. The van der Waals surface area contributed by atoms with E-state index in [9.17, 15) is 0 Å². The van der Waals surface area contributed by atoms with Gasteiger partial charge < -0.3 is 10.6 Å². The number of hydrogen-bond donors (Lipinski definition) is 2. The van der Waals surface area contributed by atoms with E-state index in [4.69, 9.17) is 0 Å². The molecule has 0 aromatic heterocycles. The van der Waals surface area contributed by atoms with E-state index in [2.05, 4.69) is 44.8 Å². The van der Waals surface area contributed by atoms with Gasteiger partial charge in [0.15, 0.2) is 5.96 Å². The van der Waals surface area contributed by atoms with Gasteiger partial charge in [0.05, 0.1) is 0 Å². The van der Waals surface area contributed by atoms with E-state index in [1.165, 1.54) is 62.7 Å². The number of nitrogens with one attached hydrogen (secondary N) is 2. The molecule has 0 unspecified atom stereocenters. The smallest absolute Gasteiger partial charge is 0.191 e. The van der Waals surface area contributed by atoms with Crippen LogP contribution in [0.5, 0.6) is 0 Å². The van der Waals surface area contributed by atoms with Crippen molar-refractivity contribution >= 4 is 29.9 Å². The standard InChI is InChI=1S/C22H34N4.HI/c1-23-22(25-15-21(19-8-9-19)20-10-11-20)24-14-17-4-6-18(7-5-17)16-26-12-2-3-13-26;/h4-7,19-21H,2-3,8-16H2,1H3,(H2,23,24,25);1H. The summed E-state index contributed by atoms with van der Waals surface area (Å²) in [6.45, 7) is 5.54. The third kappa shape index (κ3) is 6.34. The van der Waals surface area contributed by atoms with E-state index in [1.54, 1.807) is 0 Å². The molecule has 0 spiro atoms. The quantitative estimate of drug-likeness (QED) is 0.334. The Morgan fingerprint density at radius 1 is 1.00 bits per heavy atom. The molecule has 0 radical (unpaired) electrons. The molecule has 2 aliphatic carbocycles. The Hall–Kier alpha value is -0.820. The predicted octanol–water partition coefficient (Wildman–Crippen LogP) is 4.00. The zero-order valence-electron chi connectivity index (χ0n) is 16.6. The summed E-state index contributed by atoms with van der Waals surface area (Å²) in [6, 6.07) is 9.06. The normalized spacial score (nSPS) is 20.6. The molecule has 150 valence electrons. The highest BCUT2D eigenvalue weighted by molar-refractivity contribution is 14.0. The molecule has 3 aliphatic rings. The molecule has 0 bridgehead atoms. The van der Waals surface area contributed by atoms with Crippen molar-refractivity contribution in [2.24, 2.45) is 22.7 Å². The van der Waals surface area contributed by atoms with Crippen molar-refractivity contribution in [3.63, 3.8) is 0 Å². The molecule has 0 amide bonds. The summed E-state index contributed by atoms with van der Waals surface area (Å²) in [7, 11) is 1.87. The fourth-order valence-electron chi connectivity index (χ4n) is 4.35. The molecule has 5 heteroatoms. The van der Waals surface area contributed by atoms with Gasteiger partial charge in [-0.25, -0.2) is 0 Å². The van der Waals surface area contributed by atoms with Crippen LogP contribution in [0, 0.1) is 17.8 Å².